The van der Waals surface area contributed by atoms with Crippen molar-refractivity contribution in [2.24, 2.45) is 0 Å². The highest BCUT2D eigenvalue weighted by atomic mass is 35.5. The van der Waals surface area contributed by atoms with Gasteiger partial charge in [0.05, 0.1) is 30.0 Å². The van der Waals surface area contributed by atoms with Crippen LogP contribution < -0.4 is 19.7 Å². The molecule has 3 heterocycles. The fourth-order valence-corrected chi connectivity index (χ4v) is 6.01. The monoisotopic (exact) mass is 652 g/mol. The summed E-state index contributed by atoms with van der Waals surface area (Å²) in [5, 5.41) is 12.6. The van der Waals surface area contributed by atoms with E-state index in [0.717, 1.165) is 21.6 Å². The Morgan fingerprint density at radius 2 is 1.70 bits per heavy atom. The van der Waals surface area contributed by atoms with Gasteiger partial charge in [-0.2, -0.15) is 0 Å². The van der Waals surface area contributed by atoms with Crippen LogP contribution in [0.3, 0.4) is 0 Å². The average Bonchev–Trinajstić information content (AvgIpc) is 3.65. The molecule has 0 saturated heterocycles. The number of aliphatic hydroxyl groups is 1. The molecule has 3 aliphatic heterocycles. The molecule has 10 nitrogen and oxygen atoms in total. The number of aryl methyl sites for hydroxylation is 1. The number of allylic oxidation sites excluding steroid dienone is 1. The highest BCUT2D eigenvalue weighted by Gasteiger charge is 2.37. The van der Waals surface area contributed by atoms with Crippen molar-refractivity contribution in [2.45, 2.75) is 38.8 Å². The molecule has 0 unspecified atom stereocenters. The quantitative estimate of drug-likeness (QED) is 0.215. The van der Waals surface area contributed by atoms with Crippen molar-refractivity contribution in [3.8, 4) is 11.5 Å². The molecule has 2 N–H and O–H groups in total. The van der Waals surface area contributed by atoms with Gasteiger partial charge in [0.1, 0.15) is 0 Å². The molecule has 0 bridgehead atoms. The first-order chi connectivity index (χ1) is 22.8. The Hall–Kier alpha value is -5.16. The summed E-state index contributed by atoms with van der Waals surface area (Å²) in [6, 6.07) is 22.6. The van der Waals surface area contributed by atoms with E-state index in [2.05, 4.69) is 5.32 Å². The molecule has 11 heteroatoms. The van der Waals surface area contributed by atoms with Gasteiger partial charge >= 0.3 is 0 Å². The Labute approximate surface area is 275 Å². The van der Waals surface area contributed by atoms with Gasteiger partial charge in [-0.1, -0.05) is 41.9 Å². The molecular formula is C36H29ClN2O8. The smallest absolute Gasteiger partial charge is 0.290 e. The zero-order chi connectivity index (χ0) is 32.7. The fraction of sp³-hybridized carbons (Fsp3) is 0.194. The Balaban J connectivity index is 1.10. The van der Waals surface area contributed by atoms with Crippen LogP contribution in [0.4, 0.5) is 11.4 Å². The largest absolute Gasteiger partial charge is 0.459 e. The van der Waals surface area contributed by atoms with Crippen molar-refractivity contribution < 1.29 is 38.4 Å². The van der Waals surface area contributed by atoms with Crippen LogP contribution >= 0.6 is 11.6 Å². The second-order valence-corrected chi connectivity index (χ2v) is 11.8. The summed E-state index contributed by atoms with van der Waals surface area (Å²) in [6.07, 6.45) is 1.47. The predicted octanol–water partition coefficient (Wildman–Crippen LogP) is 6.24. The van der Waals surface area contributed by atoms with E-state index in [1.165, 1.54) is 6.07 Å². The summed E-state index contributed by atoms with van der Waals surface area (Å²) >= 11 is 6.06. The molecule has 0 saturated carbocycles. The number of carbonyl (C=O) groups excluding carboxylic acids is 3. The number of nitrogens with zero attached hydrogens (tertiary/aromatic N) is 1. The minimum Gasteiger partial charge on any atom is -0.459 e. The average molecular weight is 653 g/mol. The zero-order valence-corrected chi connectivity index (χ0v) is 26.0. The molecule has 3 aliphatic rings. The molecule has 3 amide bonds. The highest BCUT2D eigenvalue weighted by Crippen LogP contribution is 2.39. The zero-order valence-electron chi connectivity index (χ0n) is 25.2. The topological polar surface area (TPSA) is 124 Å². The van der Waals surface area contributed by atoms with Gasteiger partial charge in [0.15, 0.2) is 17.3 Å². The predicted molar refractivity (Wildman–Crippen MR) is 172 cm³/mol. The molecule has 0 radical (unpaired) electrons. The normalized spacial score (nSPS) is 18.1. The number of amides is 3. The van der Waals surface area contributed by atoms with Gasteiger partial charge in [0.2, 0.25) is 13.1 Å². The van der Waals surface area contributed by atoms with Crippen LogP contribution in [0.1, 0.15) is 55.3 Å². The molecule has 238 valence electrons. The number of hydrogen-bond acceptors (Lipinski definition) is 8. The Morgan fingerprint density at radius 3 is 2.49 bits per heavy atom. The van der Waals surface area contributed by atoms with E-state index in [1.807, 2.05) is 42.5 Å². The van der Waals surface area contributed by atoms with Crippen LogP contribution in [0, 0.1) is 6.92 Å². The van der Waals surface area contributed by atoms with Gasteiger partial charge in [-0.25, -0.2) is 4.90 Å². The molecule has 2 atom stereocenters. The first-order valence-corrected chi connectivity index (χ1v) is 15.3. The minimum absolute atomic E-state index is 0.0479. The lowest BCUT2D eigenvalue weighted by Gasteiger charge is -2.29. The Morgan fingerprint density at radius 1 is 0.936 bits per heavy atom. The third-order valence-corrected chi connectivity index (χ3v) is 8.53. The summed E-state index contributed by atoms with van der Waals surface area (Å²) in [7, 11) is 0. The lowest BCUT2D eigenvalue weighted by Crippen LogP contribution is -2.30. The summed E-state index contributed by atoms with van der Waals surface area (Å²) in [4.78, 5) is 40.9. The Kier molecular flexibility index (Phi) is 8.15. The van der Waals surface area contributed by atoms with Crippen molar-refractivity contribution in [1.29, 1.82) is 0 Å². The van der Waals surface area contributed by atoms with Crippen LogP contribution in [0.5, 0.6) is 11.5 Å². The van der Waals surface area contributed by atoms with E-state index in [0.29, 0.717) is 39.9 Å². The number of carbonyl (C=O) groups is 3. The third-order valence-electron chi connectivity index (χ3n) is 8.29. The van der Waals surface area contributed by atoms with E-state index >= 15 is 0 Å². The fourth-order valence-electron chi connectivity index (χ4n) is 5.83. The molecule has 0 aliphatic carbocycles. The standard InChI is InChI=1S/C36H29ClN2O8/c1-20-12-26(8-10-29(20)39-35(42)27-9-7-25(37)16-28(27)36(39)43)38-34(41)32-14-24(23-6-11-30-31(13-23)46-19-45-30)15-33(47-32)44-18-22-4-2-21(17-40)3-5-22/h2-14,16,24,33,40H,15,17-19H2,1H3,(H,38,41)/t24-,33+/m0/s1. The first-order valence-electron chi connectivity index (χ1n) is 15.0. The van der Waals surface area contributed by atoms with E-state index in [-0.39, 0.29) is 42.8 Å². The van der Waals surface area contributed by atoms with Crippen molar-refractivity contribution in [3.63, 3.8) is 0 Å². The van der Waals surface area contributed by atoms with E-state index < -0.39 is 24.0 Å². The number of aliphatic hydroxyl groups excluding tert-OH is 1. The molecule has 47 heavy (non-hydrogen) atoms. The van der Waals surface area contributed by atoms with Crippen molar-refractivity contribution in [3.05, 3.63) is 129 Å². The van der Waals surface area contributed by atoms with Crippen LogP contribution in [0.25, 0.3) is 0 Å². The maximum absolute atomic E-state index is 13.6. The van der Waals surface area contributed by atoms with Crippen molar-refractivity contribution >= 4 is 40.7 Å². The second kappa shape index (κ2) is 12.6. The lowest BCUT2D eigenvalue weighted by molar-refractivity contribution is -0.147. The van der Waals surface area contributed by atoms with Crippen molar-refractivity contribution in [2.75, 3.05) is 17.0 Å². The van der Waals surface area contributed by atoms with Gasteiger partial charge in [-0.15, -0.1) is 0 Å². The molecule has 7 rings (SSSR count). The van der Waals surface area contributed by atoms with E-state index in [1.54, 1.807) is 43.3 Å². The summed E-state index contributed by atoms with van der Waals surface area (Å²) in [5.41, 5.74) is 4.59. The summed E-state index contributed by atoms with van der Waals surface area (Å²) < 4.78 is 23.2. The number of nitrogens with one attached hydrogen (secondary N) is 1. The number of rotatable bonds is 8. The first kappa shape index (κ1) is 30.5. The number of anilines is 2. The van der Waals surface area contributed by atoms with Gasteiger partial charge < -0.3 is 29.4 Å². The molecule has 4 aromatic rings. The third kappa shape index (κ3) is 6.06. The van der Waals surface area contributed by atoms with Crippen LogP contribution in [-0.2, 0) is 27.5 Å². The number of fused-ring (bicyclic) bond motifs is 2. The Bertz CT molecular complexity index is 1940. The number of benzene rings is 4. The highest BCUT2D eigenvalue weighted by molar-refractivity contribution is 6.37. The van der Waals surface area contributed by atoms with E-state index in [4.69, 9.17) is 30.5 Å². The second-order valence-electron chi connectivity index (χ2n) is 11.4. The number of imide groups is 1. The minimum atomic E-state index is -0.736. The number of halogens is 1. The van der Waals surface area contributed by atoms with E-state index in [9.17, 15) is 19.5 Å². The number of hydrogen-bond donors (Lipinski definition) is 2. The summed E-state index contributed by atoms with van der Waals surface area (Å²) in [5.74, 6) is -0.243. The van der Waals surface area contributed by atoms with Crippen LogP contribution in [0.15, 0.2) is 90.7 Å². The van der Waals surface area contributed by atoms with Crippen LogP contribution in [-0.4, -0.2) is 35.9 Å². The lowest BCUT2D eigenvalue weighted by atomic mass is 9.92. The molecule has 0 aromatic heterocycles. The SMILES string of the molecule is Cc1cc(NC(=O)C2=C[C@H](c3ccc4c(c3)OCO4)C[C@H](OCc3ccc(CO)cc3)O2)ccc1N1C(=O)c2ccc(Cl)cc2C1=O. The number of ether oxygens (including phenoxy) is 4. The molecule has 4 aromatic carbocycles. The molecular weight excluding hydrogens is 624 g/mol. The van der Waals surface area contributed by atoms with Crippen LogP contribution in [0.2, 0.25) is 5.02 Å². The van der Waals surface area contributed by atoms with Gasteiger partial charge in [0.25, 0.3) is 17.7 Å². The molecule has 0 spiro atoms. The molecule has 0 fully saturated rings. The maximum Gasteiger partial charge on any atom is 0.290 e. The summed E-state index contributed by atoms with van der Waals surface area (Å²) in [6.45, 7) is 2.10. The van der Waals surface area contributed by atoms with Crippen molar-refractivity contribution in [1.82, 2.24) is 0 Å². The van der Waals surface area contributed by atoms with Gasteiger partial charge in [-0.05, 0) is 83.8 Å². The van der Waals surface area contributed by atoms with Gasteiger partial charge in [0, 0.05) is 23.0 Å². The maximum atomic E-state index is 13.6. The van der Waals surface area contributed by atoms with Gasteiger partial charge in [-0.3, -0.25) is 14.4 Å².